The lowest BCUT2D eigenvalue weighted by atomic mass is 9.78. The van der Waals surface area contributed by atoms with E-state index in [-0.39, 0.29) is 24.7 Å². The molecule has 0 atom stereocenters. The molecule has 2 N–H and O–H groups in total. The van der Waals surface area contributed by atoms with Gasteiger partial charge in [0.1, 0.15) is 0 Å². The molecule has 6 heteroatoms. The molecule has 0 bridgehead atoms. The van der Waals surface area contributed by atoms with Gasteiger partial charge >= 0.3 is 7.12 Å². The highest BCUT2D eigenvalue weighted by atomic mass is 32.1. The highest BCUT2D eigenvalue weighted by molar-refractivity contribution is 7.11. The molecule has 19 heavy (non-hydrogen) atoms. The van der Waals surface area contributed by atoms with E-state index in [9.17, 15) is 0 Å². The van der Waals surface area contributed by atoms with E-state index >= 15 is 0 Å². The first-order valence-corrected chi connectivity index (χ1v) is 7.10. The van der Waals surface area contributed by atoms with Crippen LogP contribution in [0.15, 0.2) is 5.38 Å². The van der Waals surface area contributed by atoms with Crippen molar-refractivity contribution in [2.45, 2.75) is 52.7 Å². The van der Waals surface area contributed by atoms with Crippen LogP contribution in [0.1, 0.15) is 38.1 Å². The summed E-state index contributed by atoms with van der Waals surface area (Å²) in [6.07, 6.45) is 0.250. The highest BCUT2D eigenvalue weighted by Crippen LogP contribution is 2.37. The monoisotopic (exact) mass is 283 g/mol. The highest BCUT2D eigenvalue weighted by Gasteiger charge is 2.52. The van der Waals surface area contributed by atoms with Crippen molar-refractivity contribution in [1.82, 2.24) is 0 Å². The van der Waals surface area contributed by atoms with Crippen molar-refractivity contribution in [2.75, 3.05) is 0 Å². The van der Waals surface area contributed by atoms with Crippen molar-refractivity contribution in [3.63, 3.8) is 0 Å². The van der Waals surface area contributed by atoms with Crippen LogP contribution in [-0.2, 0) is 14.1 Å². The number of carbonyl (C=O) groups excluding carboxylic acids is 1. The van der Waals surface area contributed by atoms with Crippen molar-refractivity contribution in [3.8, 4) is 0 Å². The SMILES string of the molecule is Cc1scc(B2OC(C)(C)C(C)(C)O2)c1C.NC=O. The van der Waals surface area contributed by atoms with Crippen molar-refractivity contribution in [1.29, 1.82) is 0 Å². The third kappa shape index (κ3) is 3.19. The minimum atomic E-state index is -0.250. The van der Waals surface area contributed by atoms with Gasteiger partial charge in [-0.25, -0.2) is 0 Å². The molecule has 0 saturated carbocycles. The molecule has 1 saturated heterocycles. The zero-order valence-electron chi connectivity index (χ0n) is 12.4. The van der Waals surface area contributed by atoms with Crippen molar-refractivity contribution in [2.24, 2.45) is 5.73 Å². The number of thiophene rings is 1. The largest absolute Gasteiger partial charge is 0.495 e. The molecule has 0 radical (unpaired) electrons. The molecule has 1 fully saturated rings. The van der Waals surface area contributed by atoms with E-state index in [2.05, 4.69) is 52.7 Å². The molecule has 1 aromatic heterocycles. The third-order valence-corrected chi connectivity index (χ3v) is 4.86. The normalized spacial score (nSPS) is 19.8. The van der Waals surface area contributed by atoms with Gasteiger partial charge in [-0.3, -0.25) is 4.79 Å². The Labute approximate surface area is 119 Å². The maximum absolute atomic E-state index is 8.58. The number of hydrogen-bond acceptors (Lipinski definition) is 4. The molecule has 1 amide bonds. The van der Waals surface area contributed by atoms with Gasteiger partial charge in [0.15, 0.2) is 0 Å². The average Bonchev–Trinajstić information content (AvgIpc) is 2.68. The quantitative estimate of drug-likeness (QED) is 0.631. The summed E-state index contributed by atoms with van der Waals surface area (Å²) in [5.74, 6) is 0. The summed E-state index contributed by atoms with van der Waals surface area (Å²) in [5.41, 5.74) is 6.14. The minimum absolute atomic E-state index is 0.213. The number of primary amides is 1. The molecule has 0 unspecified atom stereocenters. The second-order valence-electron chi connectivity index (χ2n) is 5.60. The fourth-order valence-corrected chi connectivity index (χ4v) is 2.62. The smallest absolute Gasteiger partial charge is 0.399 e. The van der Waals surface area contributed by atoms with Crippen molar-refractivity contribution >= 4 is 30.3 Å². The van der Waals surface area contributed by atoms with Gasteiger partial charge in [-0.15, -0.1) is 11.3 Å². The van der Waals surface area contributed by atoms with Crippen LogP contribution in [0.5, 0.6) is 0 Å². The van der Waals surface area contributed by atoms with Gasteiger partial charge in [-0.2, -0.15) is 0 Å². The Balaban J connectivity index is 0.000000550. The zero-order chi connectivity index (χ0) is 14.8. The standard InChI is InChI=1S/C12H19BO2S.CH3NO/c1-8-9(2)16-7-10(8)13-14-11(3,4)12(5,6)15-13;2-1-3/h7H,1-6H3;1H,(H2,2,3). The fraction of sp³-hybridized carbons (Fsp3) is 0.615. The van der Waals surface area contributed by atoms with E-state index in [4.69, 9.17) is 14.1 Å². The summed E-state index contributed by atoms with van der Waals surface area (Å²) in [5, 5.41) is 2.15. The topological polar surface area (TPSA) is 61.6 Å². The summed E-state index contributed by atoms with van der Waals surface area (Å²) >= 11 is 1.76. The predicted molar refractivity (Wildman–Crippen MR) is 79.8 cm³/mol. The molecule has 1 aliphatic rings. The van der Waals surface area contributed by atoms with Crippen LogP contribution in [0.3, 0.4) is 0 Å². The maximum Gasteiger partial charge on any atom is 0.495 e. The van der Waals surface area contributed by atoms with E-state index in [0.717, 1.165) is 0 Å². The Morgan fingerprint density at radius 2 is 1.63 bits per heavy atom. The van der Waals surface area contributed by atoms with Gasteiger partial charge < -0.3 is 15.0 Å². The van der Waals surface area contributed by atoms with E-state index in [1.165, 1.54) is 15.9 Å². The molecule has 0 spiro atoms. The average molecular weight is 283 g/mol. The van der Waals surface area contributed by atoms with Crippen molar-refractivity contribution in [3.05, 3.63) is 15.8 Å². The van der Waals surface area contributed by atoms with Gasteiger partial charge in [0.05, 0.1) is 11.2 Å². The first kappa shape index (κ1) is 16.2. The Hall–Kier alpha value is -0.845. The Bertz CT molecular complexity index is 441. The van der Waals surface area contributed by atoms with E-state index in [1.54, 1.807) is 11.3 Å². The Kier molecular flexibility index (Phi) is 4.82. The summed E-state index contributed by atoms with van der Waals surface area (Å²) < 4.78 is 12.1. The molecule has 2 heterocycles. The first-order valence-electron chi connectivity index (χ1n) is 6.22. The second-order valence-corrected chi connectivity index (χ2v) is 6.68. The molecule has 2 rings (SSSR count). The number of rotatable bonds is 1. The van der Waals surface area contributed by atoms with Crippen LogP contribution in [0.4, 0.5) is 0 Å². The molecule has 4 nitrogen and oxygen atoms in total. The van der Waals surface area contributed by atoms with Crippen LogP contribution in [-0.4, -0.2) is 24.7 Å². The Morgan fingerprint density at radius 3 is 1.95 bits per heavy atom. The molecule has 1 aliphatic heterocycles. The number of carbonyl (C=O) groups is 1. The first-order chi connectivity index (χ1) is 8.66. The van der Waals surface area contributed by atoms with Gasteiger partial charge in [-0.05, 0) is 57.9 Å². The number of hydrogen-bond donors (Lipinski definition) is 1. The van der Waals surface area contributed by atoms with Crippen LogP contribution < -0.4 is 11.2 Å². The lowest BCUT2D eigenvalue weighted by Gasteiger charge is -2.32. The third-order valence-electron chi connectivity index (χ3n) is 3.83. The molecule has 1 aromatic rings. The summed E-state index contributed by atoms with van der Waals surface area (Å²) in [6, 6.07) is 0. The Morgan fingerprint density at radius 1 is 1.21 bits per heavy atom. The van der Waals surface area contributed by atoms with Gasteiger partial charge in [0, 0.05) is 4.88 Å². The van der Waals surface area contributed by atoms with Gasteiger partial charge in [0.2, 0.25) is 6.41 Å². The van der Waals surface area contributed by atoms with Crippen LogP contribution in [0.2, 0.25) is 0 Å². The van der Waals surface area contributed by atoms with E-state index in [1.807, 2.05) is 0 Å². The molecule has 106 valence electrons. The molecular weight excluding hydrogens is 261 g/mol. The van der Waals surface area contributed by atoms with Crippen LogP contribution in [0, 0.1) is 13.8 Å². The van der Waals surface area contributed by atoms with Gasteiger partial charge in [-0.1, -0.05) is 0 Å². The summed E-state index contributed by atoms with van der Waals surface area (Å²) in [7, 11) is -0.213. The molecule has 0 aromatic carbocycles. The lowest BCUT2D eigenvalue weighted by molar-refractivity contribution is -0.106. The van der Waals surface area contributed by atoms with Gasteiger partial charge in [0.25, 0.3) is 0 Å². The minimum Gasteiger partial charge on any atom is -0.399 e. The zero-order valence-corrected chi connectivity index (χ0v) is 13.3. The van der Waals surface area contributed by atoms with Crippen LogP contribution in [0.25, 0.3) is 0 Å². The molecular formula is C13H22BNO3S. The lowest BCUT2D eigenvalue weighted by Crippen LogP contribution is -2.41. The predicted octanol–water partition coefficient (Wildman–Crippen LogP) is 1.77. The summed E-state index contributed by atoms with van der Waals surface area (Å²) in [6.45, 7) is 12.6. The number of aryl methyl sites for hydroxylation is 1. The van der Waals surface area contributed by atoms with E-state index in [0.29, 0.717) is 0 Å². The van der Waals surface area contributed by atoms with E-state index < -0.39 is 0 Å². The number of amides is 1. The maximum atomic E-state index is 8.58. The molecule has 0 aliphatic carbocycles. The second kappa shape index (κ2) is 5.65. The van der Waals surface area contributed by atoms with Crippen LogP contribution >= 0.6 is 11.3 Å². The van der Waals surface area contributed by atoms with Crippen molar-refractivity contribution < 1.29 is 14.1 Å². The number of nitrogens with two attached hydrogens (primary N) is 1. The summed E-state index contributed by atoms with van der Waals surface area (Å²) in [4.78, 5) is 9.92. The fourth-order valence-electron chi connectivity index (χ4n) is 1.73.